The molecule has 140 valence electrons. The molecule has 2 heterocycles. The van der Waals surface area contributed by atoms with Gasteiger partial charge in [0.1, 0.15) is 6.04 Å². The third-order valence-electron chi connectivity index (χ3n) is 3.85. The Morgan fingerprint density at radius 1 is 1.26 bits per heavy atom. The van der Waals surface area contributed by atoms with Crippen molar-refractivity contribution in [1.82, 2.24) is 19.6 Å². The van der Waals surface area contributed by atoms with Crippen molar-refractivity contribution < 1.29 is 14.7 Å². The summed E-state index contributed by atoms with van der Waals surface area (Å²) in [6.45, 7) is 2.07. The molecule has 0 aliphatic heterocycles. The zero-order valence-corrected chi connectivity index (χ0v) is 15.6. The van der Waals surface area contributed by atoms with Crippen LogP contribution in [0.25, 0.3) is 0 Å². The minimum atomic E-state index is -1.10. The molecule has 3 aromatic rings. The summed E-state index contributed by atoms with van der Waals surface area (Å²) in [5, 5.41) is 20.7. The van der Waals surface area contributed by atoms with Crippen molar-refractivity contribution in [3.8, 4) is 0 Å². The van der Waals surface area contributed by atoms with E-state index < -0.39 is 12.0 Å². The second-order valence-electron chi connectivity index (χ2n) is 5.83. The Hall–Kier alpha value is -2.84. The lowest BCUT2D eigenvalue weighted by Crippen LogP contribution is -2.24. The number of aromatic carboxylic acids is 1. The Balaban J connectivity index is 1.64. The van der Waals surface area contributed by atoms with Gasteiger partial charge >= 0.3 is 5.97 Å². The standard InChI is InChI=1S/C17H15Cl2N5O3/c1-10(24-9-12(7-20-24)17(26)27)16(25)21-15-4-5-23(22-15)8-11-2-3-13(18)14(19)6-11/h2-7,9-10H,8H2,1H3,(H,26,27)(H,21,22,25). The molecule has 3 rings (SSSR count). The van der Waals surface area contributed by atoms with Crippen LogP contribution >= 0.6 is 23.2 Å². The number of aromatic nitrogens is 4. The van der Waals surface area contributed by atoms with Gasteiger partial charge in [0.2, 0.25) is 5.91 Å². The smallest absolute Gasteiger partial charge is 0.338 e. The Bertz CT molecular complexity index is 998. The quantitative estimate of drug-likeness (QED) is 0.652. The molecule has 2 aromatic heterocycles. The van der Waals surface area contributed by atoms with Gasteiger partial charge in [-0.25, -0.2) is 4.79 Å². The second-order valence-corrected chi connectivity index (χ2v) is 6.64. The summed E-state index contributed by atoms with van der Waals surface area (Å²) < 4.78 is 2.93. The highest BCUT2D eigenvalue weighted by molar-refractivity contribution is 6.42. The molecule has 0 radical (unpaired) electrons. The van der Waals surface area contributed by atoms with E-state index in [0.29, 0.717) is 22.4 Å². The highest BCUT2D eigenvalue weighted by Gasteiger charge is 2.18. The molecular formula is C17H15Cl2N5O3. The maximum absolute atomic E-state index is 12.3. The number of carbonyl (C=O) groups excluding carboxylic acids is 1. The molecule has 0 bridgehead atoms. The molecule has 0 aliphatic carbocycles. The predicted molar refractivity (Wildman–Crippen MR) is 100 cm³/mol. The number of anilines is 1. The van der Waals surface area contributed by atoms with E-state index in [2.05, 4.69) is 15.5 Å². The molecule has 0 saturated heterocycles. The lowest BCUT2D eigenvalue weighted by molar-refractivity contribution is -0.119. The van der Waals surface area contributed by atoms with Crippen LogP contribution in [0.2, 0.25) is 10.0 Å². The first-order valence-corrected chi connectivity index (χ1v) is 8.65. The molecule has 1 aromatic carbocycles. The van der Waals surface area contributed by atoms with Crippen molar-refractivity contribution in [2.75, 3.05) is 5.32 Å². The topological polar surface area (TPSA) is 102 Å². The van der Waals surface area contributed by atoms with Crippen molar-refractivity contribution in [3.63, 3.8) is 0 Å². The first-order chi connectivity index (χ1) is 12.8. The second kappa shape index (κ2) is 7.81. The number of rotatable bonds is 6. The van der Waals surface area contributed by atoms with E-state index in [9.17, 15) is 9.59 Å². The Kier molecular flexibility index (Phi) is 5.48. The fourth-order valence-corrected chi connectivity index (χ4v) is 2.67. The summed E-state index contributed by atoms with van der Waals surface area (Å²) in [5.74, 6) is -1.10. The van der Waals surface area contributed by atoms with Gasteiger partial charge in [-0.05, 0) is 24.6 Å². The molecule has 0 saturated carbocycles. The lowest BCUT2D eigenvalue weighted by Gasteiger charge is -2.11. The number of nitrogens with one attached hydrogen (secondary N) is 1. The summed E-state index contributed by atoms with van der Waals surface area (Å²) in [5.41, 5.74) is 0.928. The van der Waals surface area contributed by atoms with Gasteiger partial charge in [-0.1, -0.05) is 29.3 Å². The molecule has 1 atom stereocenters. The van der Waals surface area contributed by atoms with E-state index in [4.69, 9.17) is 28.3 Å². The minimum Gasteiger partial charge on any atom is -0.478 e. The molecule has 10 heteroatoms. The third kappa shape index (κ3) is 4.47. The Morgan fingerprint density at radius 2 is 2.04 bits per heavy atom. The number of benzene rings is 1. The number of nitrogens with zero attached hydrogens (tertiary/aromatic N) is 4. The molecule has 27 heavy (non-hydrogen) atoms. The summed E-state index contributed by atoms with van der Waals surface area (Å²) >= 11 is 11.9. The van der Waals surface area contributed by atoms with Crippen LogP contribution in [0, 0.1) is 0 Å². The summed E-state index contributed by atoms with van der Waals surface area (Å²) in [6, 6.07) is 6.27. The molecule has 1 amide bonds. The van der Waals surface area contributed by atoms with Crippen LogP contribution in [-0.2, 0) is 11.3 Å². The average molecular weight is 408 g/mol. The van der Waals surface area contributed by atoms with E-state index in [1.165, 1.54) is 17.1 Å². The van der Waals surface area contributed by atoms with Crippen LogP contribution in [0.5, 0.6) is 0 Å². The molecule has 0 aliphatic rings. The minimum absolute atomic E-state index is 0.0144. The van der Waals surface area contributed by atoms with Gasteiger partial charge in [-0.15, -0.1) is 0 Å². The van der Waals surface area contributed by atoms with Crippen LogP contribution in [-0.4, -0.2) is 36.5 Å². The number of hydrogen-bond donors (Lipinski definition) is 2. The van der Waals surface area contributed by atoms with Gasteiger partial charge in [-0.3, -0.25) is 14.2 Å². The molecule has 0 spiro atoms. The van der Waals surface area contributed by atoms with Crippen molar-refractivity contribution in [1.29, 1.82) is 0 Å². The SMILES string of the molecule is CC(C(=O)Nc1ccn(Cc2ccc(Cl)c(Cl)c2)n1)n1cc(C(=O)O)cn1. The Morgan fingerprint density at radius 3 is 2.70 bits per heavy atom. The average Bonchev–Trinajstić information content (AvgIpc) is 3.27. The van der Waals surface area contributed by atoms with Crippen LogP contribution in [0.3, 0.4) is 0 Å². The van der Waals surface area contributed by atoms with Crippen molar-refractivity contribution in [3.05, 3.63) is 64.0 Å². The van der Waals surface area contributed by atoms with E-state index in [0.717, 1.165) is 5.56 Å². The molecular weight excluding hydrogens is 393 g/mol. The van der Waals surface area contributed by atoms with Gasteiger partial charge in [-0.2, -0.15) is 10.2 Å². The zero-order valence-electron chi connectivity index (χ0n) is 14.1. The van der Waals surface area contributed by atoms with E-state index in [-0.39, 0.29) is 11.5 Å². The van der Waals surface area contributed by atoms with E-state index in [1.54, 1.807) is 36.0 Å². The van der Waals surface area contributed by atoms with Crippen molar-refractivity contribution >= 4 is 40.9 Å². The van der Waals surface area contributed by atoms with Gasteiger partial charge in [0.25, 0.3) is 0 Å². The maximum Gasteiger partial charge on any atom is 0.338 e. The predicted octanol–water partition coefficient (Wildman–Crippen LogP) is 3.33. The van der Waals surface area contributed by atoms with Crippen molar-refractivity contribution in [2.24, 2.45) is 0 Å². The van der Waals surface area contributed by atoms with Crippen LogP contribution in [0.15, 0.2) is 42.9 Å². The summed E-state index contributed by atoms with van der Waals surface area (Å²) in [4.78, 5) is 23.2. The first kappa shape index (κ1) is 18.9. The monoisotopic (exact) mass is 407 g/mol. The van der Waals surface area contributed by atoms with Gasteiger partial charge in [0, 0.05) is 18.5 Å². The highest BCUT2D eigenvalue weighted by Crippen LogP contribution is 2.23. The zero-order chi connectivity index (χ0) is 19.6. The largest absolute Gasteiger partial charge is 0.478 e. The fraction of sp³-hybridized carbons (Fsp3) is 0.176. The van der Waals surface area contributed by atoms with Crippen molar-refractivity contribution in [2.45, 2.75) is 19.5 Å². The number of amides is 1. The van der Waals surface area contributed by atoms with Gasteiger partial charge in [0.05, 0.1) is 28.4 Å². The Labute approximate surface area is 164 Å². The fourth-order valence-electron chi connectivity index (χ4n) is 2.35. The summed E-state index contributed by atoms with van der Waals surface area (Å²) in [7, 11) is 0. The maximum atomic E-state index is 12.3. The van der Waals surface area contributed by atoms with Crippen LogP contribution in [0.1, 0.15) is 28.9 Å². The normalized spacial score (nSPS) is 12.0. The number of carbonyl (C=O) groups is 2. The highest BCUT2D eigenvalue weighted by atomic mass is 35.5. The van der Waals surface area contributed by atoms with Gasteiger partial charge in [0.15, 0.2) is 5.82 Å². The molecule has 2 N–H and O–H groups in total. The number of carboxylic acids is 1. The first-order valence-electron chi connectivity index (χ1n) is 7.89. The molecule has 1 unspecified atom stereocenters. The van der Waals surface area contributed by atoms with E-state index in [1.807, 2.05) is 6.07 Å². The van der Waals surface area contributed by atoms with Crippen LogP contribution in [0.4, 0.5) is 5.82 Å². The number of halogens is 2. The summed E-state index contributed by atoms with van der Waals surface area (Å²) in [6.07, 6.45) is 4.22. The number of carboxylic acid groups (broad SMARTS) is 1. The van der Waals surface area contributed by atoms with E-state index >= 15 is 0 Å². The molecule has 8 nitrogen and oxygen atoms in total. The van der Waals surface area contributed by atoms with Gasteiger partial charge < -0.3 is 10.4 Å². The van der Waals surface area contributed by atoms with Crippen LogP contribution < -0.4 is 5.32 Å². The molecule has 0 fully saturated rings. The number of hydrogen-bond acceptors (Lipinski definition) is 4. The lowest BCUT2D eigenvalue weighted by atomic mass is 10.2. The third-order valence-corrected chi connectivity index (χ3v) is 4.58.